The van der Waals surface area contributed by atoms with Crippen molar-refractivity contribution < 1.29 is 9.47 Å². The van der Waals surface area contributed by atoms with Gasteiger partial charge < -0.3 is 15.2 Å². The molecular weight excluding hydrogens is 168 g/mol. The number of hydrogen-bond donors (Lipinski definition) is 1. The van der Waals surface area contributed by atoms with Gasteiger partial charge in [-0.1, -0.05) is 0 Å². The lowest BCUT2D eigenvalue weighted by Crippen LogP contribution is -2.40. The fraction of sp³-hybridized carbons (Fsp3) is 0.889. The van der Waals surface area contributed by atoms with Gasteiger partial charge in [-0.25, -0.2) is 0 Å². The van der Waals surface area contributed by atoms with Crippen molar-refractivity contribution in [3.05, 3.63) is 0 Å². The predicted octanol–water partition coefficient (Wildman–Crippen LogP) is 0.280. The van der Waals surface area contributed by atoms with Crippen LogP contribution in [-0.2, 0) is 9.47 Å². The quantitative estimate of drug-likeness (QED) is 0.681. The maximum Gasteiger partial charge on any atom is 0.124 e. The van der Waals surface area contributed by atoms with Crippen LogP contribution < -0.4 is 5.73 Å². The largest absolute Gasteiger partial charge is 0.381 e. The molecule has 0 spiro atoms. The van der Waals surface area contributed by atoms with Crippen LogP contribution in [0.5, 0.6) is 0 Å². The highest BCUT2D eigenvalue weighted by Gasteiger charge is 2.20. The van der Waals surface area contributed by atoms with Crippen molar-refractivity contribution >= 4 is 0 Å². The average Bonchev–Trinajstić information content (AvgIpc) is 2.57. The molecule has 0 aromatic heterocycles. The summed E-state index contributed by atoms with van der Waals surface area (Å²) < 4.78 is 10.5. The second-order valence-electron chi connectivity index (χ2n) is 3.77. The van der Waals surface area contributed by atoms with Crippen molar-refractivity contribution in [1.82, 2.24) is 0 Å². The van der Waals surface area contributed by atoms with Gasteiger partial charge in [0.05, 0.1) is 25.9 Å². The van der Waals surface area contributed by atoms with E-state index in [-0.39, 0.29) is 0 Å². The van der Waals surface area contributed by atoms with E-state index in [1.54, 1.807) is 6.92 Å². The van der Waals surface area contributed by atoms with E-state index in [1.165, 1.54) is 0 Å². The van der Waals surface area contributed by atoms with Crippen LogP contribution >= 0.6 is 0 Å². The minimum Gasteiger partial charge on any atom is -0.381 e. The van der Waals surface area contributed by atoms with Crippen molar-refractivity contribution in [2.24, 2.45) is 11.7 Å². The minimum atomic E-state index is -0.862. The molecule has 1 aliphatic heterocycles. The SMILES string of the molecule is CC(N)(C#N)COCC1CCOC1. The highest BCUT2D eigenvalue weighted by molar-refractivity contribution is 5.00. The Kier molecular flexibility index (Phi) is 3.67. The number of nitriles is 1. The zero-order valence-electron chi connectivity index (χ0n) is 7.95. The average molecular weight is 184 g/mol. The number of rotatable bonds is 4. The molecule has 1 heterocycles. The fourth-order valence-corrected chi connectivity index (χ4v) is 1.18. The molecule has 74 valence electrons. The third-order valence-corrected chi connectivity index (χ3v) is 2.03. The van der Waals surface area contributed by atoms with E-state index in [1.807, 2.05) is 6.07 Å². The molecule has 4 nitrogen and oxygen atoms in total. The standard InChI is InChI=1S/C9H16N2O2/c1-9(11,6-10)7-13-5-8-2-3-12-4-8/h8H,2-5,7,11H2,1H3. The zero-order valence-corrected chi connectivity index (χ0v) is 7.95. The van der Waals surface area contributed by atoms with E-state index in [4.69, 9.17) is 20.5 Å². The second-order valence-corrected chi connectivity index (χ2v) is 3.77. The summed E-state index contributed by atoms with van der Waals surface area (Å²) in [6.07, 6.45) is 1.05. The van der Waals surface area contributed by atoms with Crippen LogP contribution in [0, 0.1) is 17.2 Å². The van der Waals surface area contributed by atoms with Crippen LogP contribution in [0.2, 0.25) is 0 Å². The molecule has 2 unspecified atom stereocenters. The van der Waals surface area contributed by atoms with Crippen LogP contribution in [0.15, 0.2) is 0 Å². The van der Waals surface area contributed by atoms with E-state index in [0.717, 1.165) is 19.6 Å². The first-order valence-corrected chi connectivity index (χ1v) is 4.50. The molecule has 1 aliphatic rings. The first kappa shape index (κ1) is 10.5. The molecule has 2 atom stereocenters. The van der Waals surface area contributed by atoms with E-state index in [0.29, 0.717) is 19.1 Å². The summed E-state index contributed by atoms with van der Waals surface area (Å²) in [4.78, 5) is 0. The minimum absolute atomic E-state index is 0.292. The Morgan fingerprint density at radius 2 is 2.54 bits per heavy atom. The molecule has 1 saturated heterocycles. The predicted molar refractivity (Wildman–Crippen MR) is 48.0 cm³/mol. The van der Waals surface area contributed by atoms with E-state index in [9.17, 15) is 0 Å². The van der Waals surface area contributed by atoms with Crippen molar-refractivity contribution in [2.45, 2.75) is 18.9 Å². The first-order chi connectivity index (χ1) is 6.14. The number of ether oxygens (including phenoxy) is 2. The van der Waals surface area contributed by atoms with Gasteiger partial charge in [0.25, 0.3) is 0 Å². The van der Waals surface area contributed by atoms with Crippen molar-refractivity contribution in [3.63, 3.8) is 0 Å². The molecule has 2 N–H and O–H groups in total. The Morgan fingerprint density at radius 1 is 1.77 bits per heavy atom. The zero-order chi connectivity index (χ0) is 9.73. The molecule has 0 amide bonds. The fourth-order valence-electron chi connectivity index (χ4n) is 1.18. The van der Waals surface area contributed by atoms with E-state index < -0.39 is 5.54 Å². The monoisotopic (exact) mass is 184 g/mol. The topological polar surface area (TPSA) is 68.3 Å². The third kappa shape index (κ3) is 3.73. The lowest BCUT2D eigenvalue weighted by Gasteiger charge is -2.16. The highest BCUT2D eigenvalue weighted by Crippen LogP contribution is 2.12. The summed E-state index contributed by atoms with van der Waals surface area (Å²) in [7, 11) is 0. The lowest BCUT2D eigenvalue weighted by atomic mass is 10.1. The Bertz CT molecular complexity index is 192. The molecule has 0 aliphatic carbocycles. The summed E-state index contributed by atoms with van der Waals surface area (Å²) >= 11 is 0. The number of nitrogens with zero attached hydrogens (tertiary/aromatic N) is 1. The molecular formula is C9H16N2O2. The summed E-state index contributed by atoms with van der Waals surface area (Å²) in [5.74, 6) is 0.481. The molecule has 0 aromatic rings. The van der Waals surface area contributed by atoms with Crippen molar-refractivity contribution in [1.29, 1.82) is 5.26 Å². The molecule has 1 rings (SSSR count). The first-order valence-electron chi connectivity index (χ1n) is 4.50. The van der Waals surface area contributed by atoms with E-state index >= 15 is 0 Å². The summed E-state index contributed by atoms with van der Waals surface area (Å²) in [6, 6.07) is 1.99. The highest BCUT2D eigenvalue weighted by atomic mass is 16.5. The summed E-state index contributed by atoms with van der Waals surface area (Å²) in [6.45, 7) is 4.20. The van der Waals surface area contributed by atoms with Gasteiger partial charge in [0.2, 0.25) is 0 Å². The number of hydrogen-bond acceptors (Lipinski definition) is 4. The lowest BCUT2D eigenvalue weighted by molar-refractivity contribution is 0.0717. The Morgan fingerprint density at radius 3 is 3.08 bits per heavy atom. The van der Waals surface area contributed by atoms with Crippen LogP contribution in [-0.4, -0.2) is 32.0 Å². The molecule has 1 fully saturated rings. The van der Waals surface area contributed by atoms with Gasteiger partial charge in [-0.3, -0.25) is 0 Å². The van der Waals surface area contributed by atoms with Gasteiger partial charge in [0, 0.05) is 12.5 Å². The van der Waals surface area contributed by atoms with Crippen LogP contribution in [0.3, 0.4) is 0 Å². The Balaban J connectivity index is 2.10. The van der Waals surface area contributed by atoms with Crippen molar-refractivity contribution in [2.75, 3.05) is 26.4 Å². The smallest absolute Gasteiger partial charge is 0.124 e. The molecule has 4 heteroatoms. The Labute approximate surface area is 78.6 Å². The normalized spacial score (nSPS) is 26.7. The van der Waals surface area contributed by atoms with Crippen LogP contribution in [0.4, 0.5) is 0 Å². The number of nitrogens with two attached hydrogens (primary N) is 1. The molecule has 0 bridgehead atoms. The van der Waals surface area contributed by atoms with Gasteiger partial charge >= 0.3 is 0 Å². The van der Waals surface area contributed by atoms with E-state index in [2.05, 4.69) is 0 Å². The molecule has 13 heavy (non-hydrogen) atoms. The summed E-state index contributed by atoms with van der Waals surface area (Å²) in [5, 5.41) is 8.61. The van der Waals surface area contributed by atoms with Gasteiger partial charge in [0.1, 0.15) is 5.54 Å². The second kappa shape index (κ2) is 4.56. The maximum absolute atomic E-state index is 8.61. The third-order valence-electron chi connectivity index (χ3n) is 2.03. The van der Waals surface area contributed by atoms with Gasteiger partial charge in [-0.2, -0.15) is 5.26 Å². The molecule has 0 aromatic carbocycles. The van der Waals surface area contributed by atoms with Gasteiger partial charge in [0.15, 0.2) is 0 Å². The molecule has 0 radical (unpaired) electrons. The molecule has 0 saturated carbocycles. The van der Waals surface area contributed by atoms with Crippen LogP contribution in [0.1, 0.15) is 13.3 Å². The summed E-state index contributed by atoms with van der Waals surface area (Å²) in [5.41, 5.74) is 4.72. The van der Waals surface area contributed by atoms with Gasteiger partial charge in [-0.15, -0.1) is 0 Å². The van der Waals surface area contributed by atoms with Gasteiger partial charge in [-0.05, 0) is 13.3 Å². The van der Waals surface area contributed by atoms with Crippen LogP contribution in [0.25, 0.3) is 0 Å². The Hall–Kier alpha value is -0.630. The maximum atomic E-state index is 8.61. The van der Waals surface area contributed by atoms with Crippen molar-refractivity contribution in [3.8, 4) is 6.07 Å².